The molecule has 0 aliphatic rings. The van der Waals surface area contributed by atoms with E-state index in [-0.39, 0.29) is 11.4 Å². The SMILES string of the molecule is CNS(=O)(=O)c1cc(N=C=O)c(N(C)C)cc1F. The molecule has 0 saturated carbocycles. The first-order valence-corrected chi connectivity index (χ1v) is 6.34. The van der Waals surface area contributed by atoms with E-state index in [4.69, 9.17) is 0 Å². The molecule has 1 rings (SSSR count). The lowest BCUT2D eigenvalue weighted by Gasteiger charge is -2.16. The van der Waals surface area contributed by atoms with Crippen molar-refractivity contribution < 1.29 is 17.6 Å². The van der Waals surface area contributed by atoms with Crippen LogP contribution in [0.4, 0.5) is 15.8 Å². The topological polar surface area (TPSA) is 78.8 Å². The summed E-state index contributed by atoms with van der Waals surface area (Å²) in [6.45, 7) is 0. The molecule has 6 nitrogen and oxygen atoms in total. The van der Waals surface area contributed by atoms with Gasteiger partial charge in [-0.2, -0.15) is 4.99 Å². The van der Waals surface area contributed by atoms with Gasteiger partial charge in [0, 0.05) is 20.2 Å². The summed E-state index contributed by atoms with van der Waals surface area (Å²) in [5.41, 5.74) is 0.316. The highest BCUT2D eigenvalue weighted by Crippen LogP contribution is 2.31. The normalized spacial score (nSPS) is 10.9. The van der Waals surface area contributed by atoms with Gasteiger partial charge < -0.3 is 4.90 Å². The van der Waals surface area contributed by atoms with Gasteiger partial charge >= 0.3 is 0 Å². The molecule has 0 aromatic heterocycles. The molecule has 0 spiro atoms. The zero-order valence-corrected chi connectivity index (χ0v) is 10.9. The standard InChI is InChI=1S/C10H12FN3O3S/c1-12-18(16,17)10-5-8(13-6-15)9(14(2)3)4-7(10)11/h4-5,12H,1-3H3. The summed E-state index contributed by atoms with van der Waals surface area (Å²) in [6, 6.07) is 1.99. The van der Waals surface area contributed by atoms with Gasteiger partial charge in [0.15, 0.2) is 0 Å². The van der Waals surface area contributed by atoms with Gasteiger partial charge in [-0.05, 0) is 13.1 Å². The Morgan fingerprint density at radius 3 is 2.44 bits per heavy atom. The Kier molecular flexibility index (Phi) is 4.18. The number of aliphatic imine (C=N–C) groups is 1. The average Bonchev–Trinajstić information content (AvgIpc) is 2.30. The van der Waals surface area contributed by atoms with E-state index >= 15 is 0 Å². The monoisotopic (exact) mass is 273 g/mol. The van der Waals surface area contributed by atoms with Crippen LogP contribution < -0.4 is 9.62 Å². The van der Waals surface area contributed by atoms with E-state index in [2.05, 4.69) is 4.99 Å². The molecular formula is C10H12FN3O3S. The summed E-state index contributed by atoms with van der Waals surface area (Å²) in [5, 5.41) is 0. The maximum Gasteiger partial charge on any atom is 0.243 e. The van der Waals surface area contributed by atoms with Crippen LogP contribution in [0.25, 0.3) is 0 Å². The summed E-state index contributed by atoms with van der Waals surface area (Å²) >= 11 is 0. The molecule has 8 heteroatoms. The lowest BCUT2D eigenvalue weighted by atomic mass is 10.2. The van der Waals surface area contributed by atoms with Crippen molar-refractivity contribution in [3.05, 3.63) is 17.9 Å². The first kappa shape index (κ1) is 14.3. The predicted octanol–water partition coefficient (Wildman–Crippen LogP) is 0.767. The zero-order valence-electron chi connectivity index (χ0n) is 10.1. The number of hydrogen-bond acceptors (Lipinski definition) is 5. The Morgan fingerprint density at radius 1 is 1.39 bits per heavy atom. The predicted molar refractivity (Wildman–Crippen MR) is 64.8 cm³/mol. The second-order valence-corrected chi connectivity index (χ2v) is 5.43. The second kappa shape index (κ2) is 5.26. The minimum atomic E-state index is -3.95. The van der Waals surface area contributed by atoms with E-state index in [0.717, 1.165) is 19.2 Å². The molecule has 1 aromatic carbocycles. The van der Waals surface area contributed by atoms with Gasteiger partial charge in [-0.15, -0.1) is 0 Å². The number of nitrogens with one attached hydrogen (secondary N) is 1. The van der Waals surface area contributed by atoms with Crippen molar-refractivity contribution in [2.24, 2.45) is 4.99 Å². The number of isocyanates is 1. The van der Waals surface area contributed by atoms with Crippen LogP contribution in [-0.4, -0.2) is 35.6 Å². The Morgan fingerprint density at radius 2 is 2.00 bits per heavy atom. The van der Waals surface area contributed by atoms with Crippen LogP contribution in [0.3, 0.4) is 0 Å². The van der Waals surface area contributed by atoms with Crippen LogP contribution in [0.5, 0.6) is 0 Å². The van der Waals surface area contributed by atoms with Crippen molar-refractivity contribution in [2.45, 2.75) is 4.90 Å². The van der Waals surface area contributed by atoms with Crippen molar-refractivity contribution in [1.82, 2.24) is 4.72 Å². The summed E-state index contributed by atoms with van der Waals surface area (Å²) in [5.74, 6) is -0.919. The van der Waals surface area contributed by atoms with Gasteiger partial charge in [0.1, 0.15) is 16.4 Å². The third kappa shape index (κ3) is 2.73. The van der Waals surface area contributed by atoms with Crippen LogP contribution >= 0.6 is 0 Å². The fourth-order valence-electron chi connectivity index (χ4n) is 1.34. The quantitative estimate of drug-likeness (QED) is 0.649. The van der Waals surface area contributed by atoms with Crippen LogP contribution in [0.15, 0.2) is 22.0 Å². The molecule has 0 amide bonds. The molecule has 0 bridgehead atoms. The molecule has 0 aliphatic carbocycles. The maximum absolute atomic E-state index is 13.7. The van der Waals surface area contributed by atoms with Crippen molar-refractivity contribution in [3.8, 4) is 0 Å². The number of nitrogens with zero attached hydrogens (tertiary/aromatic N) is 2. The minimum absolute atomic E-state index is 0.0326. The van der Waals surface area contributed by atoms with Gasteiger partial charge in [0.05, 0.1) is 5.69 Å². The molecule has 0 heterocycles. The molecule has 1 N–H and O–H groups in total. The van der Waals surface area contributed by atoms with E-state index in [1.807, 2.05) is 4.72 Å². The van der Waals surface area contributed by atoms with E-state index in [1.54, 1.807) is 14.1 Å². The number of halogens is 1. The molecule has 0 atom stereocenters. The highest BCUT2D eigenvalue weighted by molar-refractivity contribution is 7.89. The lowest BCUT2D eigenvalue weighted by Crippen LogP contribution is -2.20. The Labute approximate surface area is 104 Å². The molecular weight excluding hydrogens is 261 g/mol. The number of anilines is 1. The van der Waals surface area contributed by atoms with Gasteiger partial charge in [-0.1, -0.05) is 0 Å². The lowest BCUT2D eigenvalue weighted by molar-refractivity contribution is 0.560. The Balaban J connectivity index is 3.61. The fourth-order valence-corrected chi connectivity index (χ4v) is 2.15. The first-order chi connectivity index (χ1) is 8.33. The number of benzene rings is 1. The van der Waals surface area contributed by atoms with E-state index in [9.17, 15) is 17.6 Å². The molecule has 0 aliphatic heterocycles. The van der Waals surface area contributed by atoms with Crippen LogP contribution in [0.2, 0.25) is 0 Å². The van der Waals surface area contributed by atoms with Crippen molar-refractivity contribution in [1.29, 1.82) is 0 Å². The number of hydrogen-bond donors (Lipinski definition) is 1. The number of rotatable bonds is 4. The molecule has 0 radical (unpaired) electrons. The number of carbonyl (C=O) groups excluding carboxylic acids is 1. The maximum atomic E-state index is 13.7. The van der Waals surface area contributed by atoms with Crippen LogP contribution in [0, 0.1) is 5.82 Å². The van der Waals surface area contributed by atoms with E-state index in [1.165, 1.54) is 11.0 Å². The average molecular weight is 273 g/mol. The summed E-state index contributed by atoms with van der Waals surface area (Å²) in [7, 11) is 0.450. The summed E-state index contributed by atoms with van der Waals surface area (Å²) in [6.07, 6.45) is 1.31. The van der Waals surface area contributed by atoms with Crippen LogP contribution in [-0.2, 0) is 14.8 Å². The highest BCUT2D eigenvalue weighted by atomic mass is 32.2. The smallest absolute Gasteiger partial charge is 0.243 e. The van der Waals surface area contributed by atoms with Gasteiger partial charge in [0.25, 0.3) is 0 Å². The van der Waals surface area contributed by atoms with Crippen molar-refractivity contribution >= 4 is 27.5 Å². The third-order valence-corrected chi connectivity index (χ3v) is 3.66. The van der Waals surface area contributed by atoms with E-state index < -0.39 is 20.7 Å². The first-order valence-electron chi connectivity index (χ1n) is 4.85. The molecule has 0 fully saturated rings. The molecule has 18 heavy (non-hydrogen) atoms. The van der Waals surface area contributed by atoms with Gasteiger partial charge in [-0.3, -0.25) is 0 Å². The molecule has 0 unspecified atom stereocenters. The van der Waals surface area contributed by atoms with Crippen molar-refractivity contribution in [2.75, 3.05) is 26.0 Å². The van der Waals surface area contributed by atoms with Crippen molar-refractivity contribution in [3.63, 3.8) is 0 Å². The minimum Gasteiger partial charge on any atom is -0.376 e. The summed E-state index contributed by atoms with van der Waals surface area (Å²) < 4.78 is 38.8. The van der Waals surface area contributed by atoms with E-state index in [0.29, 0.717) is 0 Å². The highest BCUT2D eigenvalue weighted by Gasteiger charge is 2.20. The molecule has 1 aromatic rings. The summed E-state index contributed by atoms with van der Waals surface area (Å²) in [4.78, 5) is 14.6. The second-order valence-electron chi connectivity index (χ2n) is 3.58. The molecule has 0 saturated heterocycles. The largest absolute Gasteiger partial charge is 0.376 e. The van der Waals surface area contributed by atoms with Gasteiger partial charge in [0.2, 0.25) is 16.1 Å². The fraction of sp³-hybridized carbons (Fsp3) is 0.300. The Bertz CT molecular complexity index is 607. The zero-order chi connectivity index (χ0) is 13.9. The molecule has 98 valence electrons. The number of sulfonamides is 1. The van der Waals surface area contributed by atoms with Crippen LogP contribution in [0.1, 0.15) is 0 Å². The Hall–Kier alpha value is -1.76. The van der Waals surface area contributed by atoms with Gasteiger partial charge in [-0.25, -0.2) is 22.3 Å². The third-order valence-electron chi connectivity index (χ3n) is 2.24.